The summed E-state index contributed by atoms with van der Waals surface area (Å²) in [4.78, 5) is 14.4. The highest BCUT2D eigenvalue weighted by atomic mass is 32.1. The van der Waals surface area contributed by atoms with Crippen LogP contribution in [0.15, 0.2) is 66.0 Å². The normalized spacial score (nSPS) is 11.5. The van der Waals surface area contributed by atoms with Gasteiger partial charge >= 0.3 is 0 Å². The van der Waals surface area contributed by atoms with Gasteiger partial charge in [0.1, 0.15) is 5.70 Å². The maximum atomic E-state index is 13.5. The van der Waals surface area contributed by atoms with Crippen LogP contribution in [0.3, 0.4) is 0 Å². The third kappa shape index (κ3) is 4.06. The van der Waals surface area contributed by atoms with E-state index in [4.69, 9.17) is 0 Å². The van der Waals surface area contributed by atoms with Crippen molar-refractivity contribution in [2.45, 2.75) is 20.3 Å². The number of hydrogen-bond acceptors (Lipinski definition) is 5. The summed E-state index contributed by atoms with van der Waals surface area (Å²) in [7, 11) is 0. The predicted octanol–water partition coefficient (Wildman–Crippen LogP) is 4.91. The van der Waals surface area contributed by atoms with Crippen molar-refractivity contribution in [3.8, 4) is 11.4 Å². The molecule has 4 aromatic rings. The Morgan fingerprint density at radius 3 is 2.67 bits per heavy atom. The van der Waals surface area contributed by atoms with Gasteiger partial charge in [-0.15, -0.1) is 16.4 Å². The Morgan fingerprint density at radius 1 is 1.10 bits per heavy atom. The number of aryl methyl sites for hydroxylation is 2. The summed E-state index contributed by atoms with van der Waals surface area (Å²) in [6.07, 6.45) is 2.63. The van der Waals surface area contributed by atoms with Crippen molar-refractivity contribution in [1.82, 2.24) is 20.2 Å². The van der Waals surface area contributed by atoms with Gasteiger partial charge in [0.15, 0.2) is 5.82 Å². The number of para-hydroxylation sites is 1. The van der Waals surface area contributed by atoms with E-state index in [9.17, 15) is 4.79 Å². The van der Waals surface area contributed by atoms with Crippen molar-refractivity contribution in [2.75, 3.05) is 5.32 Å². The molecule has 0 aliphatic heterocycles. The van der Waals surface area contributed by atoms with Gasteiger partial charge in [0, 0.05) is 16.1 Å². The van der Waals surface area contributed by atoms with Crippen molar-refractivity contribution in [3.63, 3.8) is 0 Å². The van der Waals surface area contributed by atoms with Crippen LogP contribution in [0.25, 0.3) is 23.2 Å². The van der Waals surface area contributed by atoms with Crippen LogP contribution in [0.1, 0.15) is 22.9 Å². The molecule has 2 aromatic heterocycles. The summed E-state index contributed by atoms with van der Waals surface area (Å²) in [5.41, 5.74) is 4.11. The molecule has 6 nitrogen and oxygen atoms in total. The summed E-state index contributed by atoms with van der Waals surface area (Å²) < 4.78 is 1.49. The lowest BCUT2D eigenvalue weighted by Crippen LogP contribution is -2.20. The van der Waals surface area contributed by atoms with Gasteiger partial charge in [-0.05, 0) is 52.4 Å². The van der Waals surface area contributed by atoms with E-state index < -0.39 is 0 Å². The molecule has 0 saturated carbocycles. The Balaban J connectivity index is 1.78. The Bertz CT molecular complexity index is 1180. The third-order valence-electron chi connectivity index (χ3n) is 4.76. The first kappa shape index (κ1) is 19.7. The van der Waals surface area contributed by atoms with E-state index in [2.05, 4.69) is 27.8 Å². The maximum absolute atomic E-state index is 13.5. The summed E-state index contributed by atoms with van der Waals surface area (Å²) >= 11 is 1.55. The predicted molar refractivity (Wildman–Crippen MR) is 121 cm³/mol. The molecular weight excluding hydrogens is 394 g/mol. The van der Waals surface area contributed by atoms with E-state index in [1.54, 1.807) is 11.3 Å². The van der Waals surface area contributed by atoms with Gasteiger partial charge in [-0.25, -0.2) is 0 Å². The molecule has 0 atom stereocenters. The van der Waals surface area contributed by atoms with Crippen LogP contribution in [0.2, 0.25) is 0 Å². The highest BCUT2D eigenvalue weighted by molar-refractivity contribution is 7.10. The number of aromatic nitrogens is 4. The van der Waals surface area contributed by atoms with E-state index in [1.165, 1.54) is 4.68 Å². The molecule has 1 amide bonds. The van der Waals surface area contributed by atoms with Gasteiger partial charge < -0.3 is 5.32 Å². The number of anilines is 1. The minimum atomic E-state index is -0.267. The summed E-state index contributed by atoms with van der Waals surface area (Å²) in [6.45, 7) is 4.06. The van der Waals surface area contributed by atoms with E-state index >= 15 is 0 Å². The van der Waals surface area contributed by atoms with Gasteiger partial charge in [-0.3, -0.25) is 4.79 Å². The molecule has 7 heteroatoms. The van der Waals surface area contributed by atoms with Crippen LogP contribution in [-0.4, -0.2) is 26.1 Å². The number of rotatable bonds is 6. The lowest BCUT2D eigenvalue weighted by Gasteiger charge is -2.15. The number of carbonyl (C=O) groups is 1. The van der Waals surface area contributed by atoms with Crippen LogP contribution in [0.5, 0.6) is 0 Å². The zero-order valence-corrected chi connectivity index (χ0v) is 17.6. The van der Waals surface area contributed by atoms with Crippen molar-refractivity contribution >= 4 is 34.7 Å². The monoisotopic (exact) mass is 415 g/mol. The minimum Gasteiger partial charge on any atom is -0.320 e. The molecule has 0 spiro atoms. The second-order valence-electron chi connectivity index (χ2n) is 6.74. The van der Waals surface area contributed by atoms with E-state index in [0.29, 0.717) is 11.5 Å². The van der Waals surface area contributed by atoms with Crippen molar-refractivity contribution < 1.29 is 4.79 Å². The van der Waals surface area contributed by atoms with Gasteiger partial charge in [-0.1, -0.05) is 61.5 Å². The zero-order valence-electron chi connectivity index (χ0n) is 16.7. The molecule has 0 bridgehead atoms. The molecule has 30 heavy (non-hydrogen) atoms. The third-order valence-corrected chi connectivity index (χ3v) is 5.58. The van der Waals surface area contributed by atoms with E-state index in [1.807, 2.05) is 79.0 Å². The number of nitrogens with one attached hydrogen (secondary N) is 1. The van der Waals surface area contributed by atoms with Crippen LogP contribution < -0.4 is 5.32 Å². The van der Waals surface area contributed by atoms with Crippen LogP contribution >= 0.6 is 11.3 Å². The average Bonchev–Trinajstić information content (AvgIpc) is 3.46. The van der Waals surface area contributed by atoms with Crippen LogP contribution in [0.4, 0.5) is 5.69 Å². The molecule has 0 fully saturated rings. The molecule has 0 aliphatic carbocycles. The summed E-state index contributed by atoms with van der Waals surface area (Å²) in [6, 6.07) is 19.5. The van der Waals surface area contributed by atoms with E-state index in [-0.39, 0.29) is 5.91 Å². The molecule has 2 aromatic carbocycles. The minimum absolute atomic E-state index is 0.267. The fourth-order valence-corrected chi connectivity index (χ4v) is 3.88. The smallest absolute Gasteiger partial charge is 0.274 e. The molecule has 4 rings (SSSR count). The first-order valence-electron chi connectivity index (χ1n) is 9.66. The van der Waals surface area contributed by atoms with Crippen molar-refractivity contribution in [1.29, 1.82) is 0 Å². The van der Waals surface area contributed by atoms with Gasteiger partial charge in [0.25, 0.3) is 5.91 Å². The van der Waals surface area contributed by atoms with Crippen molar-refractivity contribution in [2.24, 2.45) is 0 Å². The van der Waals surface area contributed by atoms with Crippen LogP contribution in [0, 0.1) is 6.92 Å². The zero-order chi connectivity index (χ0) is 20.9. The molecule has 0 aliphatic rings. The highest BCUT2D eigenvalue weighted by Gasteiger charge is 2.21. The molecule has 1 N–H and O–H groups in total. The second kappa shape index (κ2) is 8.84. The van der Waals surface area contributed by atoms with Gasteiger partial charge in [0.2, 0.25) is 0 Å². The number of benzene rings is 2. The van der Waals surface area contributed by atoms with E-state index in [0.717, 1.165) is 33.7 Å². The fraction of sp³-hybridized carbons (Fsp3) is 0.130. The summed E-state index contributed by atoms with van der Waals surface area (Å²) in [5, 5.41) is 17.2. The molecule has 2 heterocycles. The Morgan fingerprint density at radius 2 is 1.93 bits per heavy atom. The molecule has 0 radical (unpaired) electrons. The fourth-order valence-electron chi connectivity index (χ4n) is 3.23. The molecular formula is C23H21N5OS. The first-order chi connectivity index (χ1) is 14.7. The maximum Gasteiger partial charge on any atom is 0.274 e. The van der Waals surface area contributed by atoms with Gasteiger partial charge in [-0.2, -0.15) is 4.68 Å². The Labute approximate surface area is 178 Å². The summed E-state index contributed by atoms with van der Waals surface area (Å²) in [5.74, 6) is 0.242. The first-order valence-corrected chi connectivity index (χ1v) is 10.5. The Hall–Kier alpha value is -3.58. The highest BCUT2D eigenvalue weighted by Crippen LogP contribution is 2.25. The van der Waals surface area contributed by atoms with Crippen molar-refractivity contribution in [3.05, 3.63) is 82.0 Å². The SMILES string of the molecule is CCc1cccc(C)c1NC(=O)/C(=C/c1cccs1)n1nnnc1-c1ccccc1. The van der Waals surface area contributed by atoms with Gasteiger partial charge in [0.05, 0.1) is 0 Å². The molecule has 0 saturated heterocycles. The largest absolute Gasteiger partial charge is 0.320 e. The lowest BCUT2D eigenvalue weighted by molar-refractivity contribution is -0.111. The van der Waals surface area contributed by atoms with Crippen LogP contribution in [-0.2, 0) is 11.2 Å². The number of thiophene rings is 1. The average molecular weight is 416 g/mol. The quantitative estimate of drug-likeness (QED) is 0.454. The number of nitrogens with zero attached hydrogens (tertiary/aromatic N) is 4. The number of amides is 1. The number of carbonyl (C=O) groups excluding carboxylic acids is 1. The molecule has 0 unspecified atom stereocenters. The standard InChI is InChI=1S/C23H21N5OS/c1-3-17-12-7-9-16(2)21(17)24-23(29)20(15-19-13-8-14-30-19)28-22(25-26-27-28)18-10-5-4-6-11-18/h4-15H,3H2,1-2H3,(H,24,29)/b20-15-. The topological polar surface area (TPSA) is 72.7 Å². The number of tetrazole rings is 1. The number of hydrogen-bond donors (Lipinski definition) is 1. The lowest BCUT2D eigenvalue weighted by atomic mass is 10.1. The molecule has 150 valence electrons. The Kier molecular flexibility index (Phi) is 5.81. The second-order valence-corrected chi connectivity index (χ2v) is 7.72.